The van der Waals surface area contributed by atoms with Gasteiger partial charge in [0, 0.05) is 11.1 Å². The molecule has 100 valence electrons. The number of nitrogens with one attached hydrogen (secondary N) is 1. The van der Waals surface area contributed by atoms with Crippen LogP contribution in [0.25, 0.3) is 10.9 Å². The number of aryl methyl sites for hydroxylation is 1. The number of fused-ring (bicyclic) bond motifs is 1. The Bertz CT molecular complexity index is 784. The first kappa shape index (κ1) is 12.9. The smallest absolute Gasteiger partial charge is 0.224 e. The predicted molar refractivity (Wildman–Crippen MR) is 83.7 cm³/mol. The summed E-state index contributed by atoms with van der Waals surface area (Å²) >= 11 is 6.00. The zero-order valence-electron chi connectivity index (χ0n) is 11.3. The monoisotopic (exact) mass is 283 g/mol. The van der Waals surface area contributed by atoms with Gasteiger partial charge in [0.15, 0.2) is 0 Å². The molecule has 0 saturated heterocycles. The highest BCUT2D eigenvalue weighted by Gasteiger charge is 2.08. The van der Waals surface area contributed by atoms with Gasteiger partial charge in [-0.25, -0.2) is 4.98 Å². The summed E-state index contributed by atoms with van der Waals surface area (Å²) in [6.07, 6.45) is 0. The molecule has 1 heterocycles. The summed E-state index contributed by atoms with van der Waals surface area (Å²) in [5.74, 6) is 0.731. The molecule has 0 spiro atoms. The lowest BCUT2D eigenvalue weighted by Gasteiger charge is -2.12. The molecule has 3 rings (SSSR count). The Labute approximate surface area is 122 Å². The molecule has 3 aromatic rings. The highest BCUT2D eigenvalue weighted by atomic mass is 35.5. The molecule has 0 aliphatic carbocycles. The second kappa shape index (κ2) is 5.10. The summed E-state index contributed by atoms with van der Waals surface area (Å²) < 4.78 is 0. The van der Waals surface area contributed by atoms with Crippen molar-refractivity contribution in [3.63, 3.8) is 0 Å². The van der Waals surface area contributed by atoms with Crippen LogP contribution >= 0.6 is 11.6 Å². The fourth-order valence-corrected chi connectivity index (χ4v) is 2.33. The molecule has 2 aromatic carbocycles. The Balaban J connectivity index is 2.13. The van der Waals surface area contributed by atoms with Crippen molar-refractivity contribution in [1.29, 1.82) is 0 Å². The van der Waals surface area contributed by atoms with Crippen LogP contribution in [-0.2, 0) is 0 Å². The number of halogens is 1. The van der Waals surface area contributed by atoms with Crippen LogP contribution in [0.2, 0.25) is 5.28 Å². The van der Waals surface area contributed by atoms with E-state index in [1.807, 2.05) is 36.4 Å². The maximum absolute atomic E-state index is 6.00. The Morgan fingerprint density at radius 3 is 2.60 bits per heavy atom. The Morgan fingerprint density at radius 1 is 0.950 bits per heavy atom. The molecule has 0 amide bonds. The molecule has 0 bridgehead atoms. The van der Waals surface area contributed by atoms with Crippen molar-refractivity contribution in [3.8, 4) is 0 Å². The number of benzene rings is 2. The van der Waals surface area contributed by atoms with Crippen LogP contribution in [0.4, 0.5) is 11.5 Å². The van der Waals surface area contributed by atoms with Gasteiger partial charge >= 0.3 is 0 Å². The minimum Gasteiger partial charge on any atom is -0.339 e. The molecule has 3 nitrogen and oxygen atoms in total. The number of hydrogen-bond acceptors (Lipinski definition) is 3. The zero-order chi connectivity index (χ0) is 14.1. The molecule has 0 unspecified atom stereocenters. The lowest BCUT2D eigenvalue weighted by atomic mass is 10.1. The molecule has 20 heavy (non-hydrogen) atoms. The van der Waals surface area contributed by atoms with Crippen molar-refractivity contribution in [2.75, 3.05) is 5.32 Å². The maximum Gasteiger partial charge on any atom is 0.224 e. The number of para-hydroxylation sites is 1. The van der Waals surface area contributed by atoms with Gasteiger partial charge in [0.25, 0.3) is 0 Å². The van der Waals surface area contributed by atoms with E-state index in [4.69, 9.17) is 11.6 Å². The molecule has 0 aliphatic heterocycles. The van der Waals surface area contributed by atoms with Gasteiger partial charge in [0.1, 0.15) is 5.82 Å². The van der Waals surface area contributed by atoms with Crippen molar-refractivity contribution in [2.45, 2.75) is 13.8 Å². The van der Waals surface area contributed by atoms with Gasteiger partial charge < -0.3 is 5.32 Å². The van der Waals surface area contributed by atoms with E-state index >= 15 is 0 Å². The second-order valence-corrected chi connectivity index (χ2v) is 5.07. The first-order valence-corrected chi connectivity index (χ1v) is 6.78. The SMILES string of the molecule is Cc1cccc(Nc2nc(Cl)nc3ccccc23)c1C. The van der Waals surface area contributed by atoms with E-state index in [-0.39, 0.29) is 5.28 Å². The van der Waals surface area contributed by atoms with Gasteiger partial charge in [-0.3, -0.25) is 0 Å². The van der Waals surface area contributed by atoms with E-state index in [2.05, 4.69) is 35.2 Å². The van der Waals surface area contributed by atoms with Crippen LogP contribution in [0, 0.1) is 13.8 Å². The molecule has 1 aromatic heterocycles. The maximum atomic E-state index is 6.00. The fraction of sp³-hybridized carbons (Fsp3) is 0.125. The van der Waals surface area contributed by atoms with Crippen molar-refractivity contribution in [2.24, 2.45) is 0 Å². The summed E-state index contributed by atoms with van der Waals surface area (Å²) in [4.78, 5) is 8.54. The number of anilines is 2. The zero-order valence-corrected chi connectivity index (χ0v) is 12.1. The number of rotatable bonds is 2. The van der Waals surface area contributed by atoms with E-state index in [1.54, 1.807) is 0 Å². The lowest BCUT2D eigenvalue weighted by Crippen LogP contribution is -1.99. The van der Waals surface area contributed by atoms with Crippen LogP contribution < -0.4 is 5.32 Å². The summed E-state index contributed by atoms with van der Waals surface area (Å²) in [6.45, 7) is 4.17. The lowest BCUT2D eigenvalue weighted by molar-refractivity contribution is 1.21. The normalized spacial score (nSPS) is 10.8. The van der Waals surface area contributed by atoms with Crippen LogP contribution in [0.3, 0.4) is 0 Å². The number of nitrogens with zero attached hydrogens (tertiary/aromatic N) is 2. The second-order valence-electron chi connectivity index (χ2n) is 4.73. The first-order valence-electron chi connectivity index (χ1n) is 6.40. The number of hydrogen-bond donors (Lipinski definition) is 1. The van der Waals surface area contributed by atoms with Crippen molar-refractivity contribution < 1.29 is 0 Å². The van der Waals surface area contributed by atoms with Crippen LogP contribution in [0.5, 0.6) is 0 Å². The van der Waals surface area contributed by atoms with E-state index in [9.17, 15) is 0 Å². The standard InChI is InChI=1S/C16H14ClN3/c1-10-6-5-9-13(11(10)2)18-15-12-7-3-4-8-14(12)19-16(17)20-15/h3-9H,1-2H3,(H,18,19,20). The van der Waals surface area contributed by atoms with Gasteiger partial charge in [-0.2, -0.15) is 4.98 Å². The van der Waals surface area contributed by atoms with Gasteiger partial charge in [-0.15, -0.1) is 0 Å². The average molecular weight is 284 g/mol. The molecule has 4 heteroatoms. The van der Waals surface area contributed by atoms with Crippen molar-refractivity contribution >= 4 is 34.0 Å². The topological polar surface area (TPSA) is 37.8 Å². The molecule has 1 N–H and O–H groups in total. The average Bonchev–Trinajstić information content (AvgIpc) is 2.43. The van der Waals surface area contributed by atoms with Gasteiger partial charge in [0.05, 0.1) is 5.52 Å². The van der Waals surface area contributed by atoms with Crippen LogP contribution in [0.15, 0.2) is 42.5 Å². The summed E-state index contributed by atoms with van der Waals surface area (Å²) in [5.41, 5.74) is 4.30. The highest BCUT2D eigenvalue weighted by Crippen LogP contribution is 2.27. The summed E-state index contributed by atoms with van der Waals surface area (Å²) in [6, 6.07) is 14.0. The highest BCUT2D eigenvalue weighted by molar-refractivity contribution is 6.28. The van der Waals surface area contributed by atoms with Crippen LogP contribution in [0.1, 0.15) is 11.1 Å². The van der Waals surface area contributed by atoms with E-state index in [0.29, 0.717) is 0 Å². The predicted octanol–water partition coefficient (Wildman–Crippen LogP) is 4.64. The summed E-state index contributed by atoms with van der Waals surface area (Å²) in [7, 11) is 0. The van der Waals surface area contributed by atoms with E-state index in [1.165, 1.54) is 11.1 Å². The van der Waals surface area contributed by atoms with Gasteiger partial charge in [-0.05, 0) is 54.8 Å². The number of aromatic nitrogens is 2. The third-order valence-electron chi connectivity index (χ3n) is 3.43. The Hall–Kier alpha value is -2.13. The van der Waals surface area contributed by atoms with Crippen molar-refractivity contribution in [1.82, 2.24) is 9.97 Å². The molecule has 0 saturated carbocycles. The van der Waals surface area contributed by atoms with Crippen molar-refractivity contribution in [3.05, 3.63) is 58.9 Å². The molecule has 0 atom stereocenters. The van der Waals surface area contributed by atoms with Gasteiger partial charge in [0.2, 0.25) is 5.28 Å². The largest absolute Gasteiger partial charge is 0.339 e. The minimum absolute atomic E-state index is 0.247. The van der Waals surface area contributed by atoms with Gasteiger partial charge in [-0.1, -0.05) is 24.3 Å². The van der Waals surface area contributed by atoms with Crippen LogP contribution in [-0.4, -0.2) is 9.97 Å². The Kier molecular flexibility index (Phi) is 3.28. The quantitative estimate of drug-likeness (QED) is 0.696. The minimum atomic E-state index is 0.247. The molecule has 0 aliphatic rings. The van der Waals surface area contributed by atoms with E-state index < -0.39 is 0 Å². The molecular formula is C16H14ClN3. The summed E-state index contributed by atoms with van der Waals surface area (Å²) in [5, 5.41) is 4.56. The third kappa shape index (κ3) is 2.32. The molecular weight excluding hydrogens is 270 g/mol. The third-order valence-corrected chi connectivity index (χ3v) is 3.60. The van der Waals surface area contributed by atoms with E-state index in [0.717, 1.165) is 22.4 Å². The molecule has 0 radical (unpaired) electrons. The molecule has 0 fully saturated rings. The fourth-order valence-electron chi connectivity index (χ4n) is 2.16. The first-order chi connectivity index (χ1) is 9.65. The Morgan fingerprint density at radius 2 is 1.75 bits per heavy atom.